The second-order valence-electron chi connectivity index (χ2n) is 12.0. The Morgan fingerprint density at radius 3 is 1.67 bits per heavy atom. The van der Waals surface area contributed by atoms with Crippen molar-refractivity contribution in [3.05, 3.63) is 158 Å². The summed E-state index contributed by atoms with van der Waals surface area (Å²) in [6.07, 6.45) is 0. The third kappa shape index (κ3) is 3.68. The molecule has 0 unspecified atom stereocenters. The molecule has 0 aliphatic rings. The molecule has 46 heavy (non-hydrogen) atoms. The van der Waals surface area contributed by atoms with Gasteiger partial charge < -0.3 is 4.42 Å². The Morgan fingerprint density at radius 1 is 0.348 bits per heavy atom. The van der Waals surface area contributed by atoms with Crippen LogP contribution in [0.25, 0.3) is 97.0 Å². The Labute approximate surface area is 269 Å². The van der Waals surface area contributed by atoms with Gasteiger partial charge in [-0.1, -0.05) is 127 Å². The fourth-order valence-electron chi connectivity index (χ4n) is 7.56. The number of furan rings is 1. The molecule has 0 saturated heterocycles. The zero-order valence-electron chi connectivity index (χ0n) is 24.8. The lowest BCUT2D eigenvalue weighted by Crippen LogP contribution is -1.92. The molecule has 10 aromatic rings. The van der Waals surface area contributed by atoms with Crippen molar-refractivity contribution in [1.82, 2.24) is 0 Å². The van der Waals surface area contributed by atoms with Crippen LogP contribution in [0.3, 0.4) is 0 Å². The van der Waals surface area contributed by atoms with Crippen LogP contribution in [-0.2, 0) is 0 Å². The topological polar surface area (TPSA) is 13.1 Å². The first kappa shape index (κ1) is 25.6. The van der Waals surface area contributed by atoms with Gasteiger partial charge in [-0.15, -0.1) is 11.3 Å². The number of hydrogen-bond acceptors (Lipinski definition) is 2. The summed E-state index contributed by atoms with van der Waals surface area (Å²) < 4.78 is 9.29. The quantitative estimate of drug-likeness (QED) is 0.183. The minimum atomic E-state index is 0.907. The number of hydrogen-bond donors (Lipinski definition) is 0. The van der Waals surface area contributed by atoms with Crippen LogP contribution in [0.2, 0.25) is 0 Å². The minimum Gasteiger partial charge on any atom is -0.456 e. The summed E-state index contributed by atoms with van der Waals surface area (Å²) in [5.41, 5.74) is 9.14. The van der Waals surface area contributed by atoms with Crippen molar-refractivity contribution in [2.75, 3.05) is 0 Å². The van der Waals surface area contributed by atoms with E-state index < -0.39 is 0 Å². The normalized spacial score (nSPS) is 11.9. The van der Waals surface area contributed by atoms with Gasteiger partial charge in [-0.05, 0) is 85.3 Å². The van der Waals surface area contributed by atoms with Crippen LogP contribution in [0.1, 0.15) is 0 Å². The van der Waals surface area contributed by atoms with E-state index in [0.717, 1.165) is 27.5 Å². The molecule has 0 aliphatic heterocycles. The molecule has 10 rings (SSSR count). The lowest BCUT2D eigenvalue weighted by atomic mass is 9.84. The van der Waals surface area contributed by atoms with Crippen molar-refractivity contribution >= 4 is 75.0 Å². The molecule has 2 heteroatoms. The van der Waals surface area contributed by atoms with Gasteiger partial charge in [-0.3, -0.25) is 0 Å². The summed E-state index contributed by atoms with van der Waals surface area (Å²) in [5, 5.41) is 9.87. The largest absolute Gasteiger partial charge is 0.456 e. The zero-order valence-corrected chi connectivity index (χ0v) is 25.6. The maximum atomic E-state index is 6.68. The van der Waals surface area contributed by atoms with Crippen LogP contribution in [-0.4, -0.2) is 0 Å². The Bertz CT molecular complexity index is 2740. The monoisotopic (exact) mass is 602 g/mol. The van der Waals surface area contributed by atoms with E-state index in [1.165, 1.54) is 69.5 Å². The fraction of sp³-hybridized carbons (Fsp3) is 0. The van der Waals surface area contributed by atoms with E-state index in [0.29, 0.717) is 0 Å². The predicted octanol–water partition coefficient (Wildman–Crippen LogP) is 13.3. The van der Waals surface area contributed by atoms with Crippen LogP contribution < -0.4 is 0 Å². The summed E-state index contributed by atoms with van der Waals surface area (Å²) in [6, 6.07) is 57.2. The van der Waals surface area contributed by atoms with Gasteiger partial charge in [0.1, 0.15) is 11.2 Å². The van der Waals surface area contributed by atoms with E-state index in [2.05, 4.69) is 158 Å². The first-order chi connectivity index (χ1) is 22.8. The standard InChI is InChI=1S/C44H26OS/c1-2-13-27(14-3-1)41-30-15-4-6-17-32(30)42(33-18-7-5-16-31(33)41)36-25-28(26-38-43(36)34-19-8-10-22-37(34)45-38)29-21-12-24-40-44(29)35-20-9-11-23-39(35)46-40/h1-26H. The molecule has 8 aromatic carbocycles. The van der Waals surface area contributed by atoms with Gasteiger partial charge in [0.25, 0.3) is 0 Å². The highest BCUT2D eigenvalue weighted by Gasteiger charge is 2.22. The van der Waals surface area contributed by atoms with Crippen LogP contribution >= 0.6 is 11.3 Å². The van der Waals surface area contributed by atoms with E-state index in [1.54, 1.807) is 0 Å². The van der Waals surface area contributed by atoms with Gasteiger partial charge >= 0.3 is 0 Å². The first-order valence-corrected chi connectivity index (χ1v) is 16.5. The Hall–Kier alpha value is -5.70. The van der Waals surface area contributed by atoms with Gasteiger partial charge in [-0.25, -0.2) is 0 Å². The molecule has 1 nitrogen and oxygen atoms in total. The van der Waals surface area contributed by atoms with Crippen molar-refractivity contribution in [2.24, 2.45) is 0 Å². The van der Waals surface area contributed by atoms with Crippen LogP contribution in [0, 0.1) is 0 Å². The zero-order chi connectivity index (χ0) is 30.2. The molecule has 0 aliphatic carbocycles. The van der Waals surface area contributed by atoms with Crippen molar-refractivity contribution in [3.63, 3.8) is 0 Å². The van der Waals surface area contributed by atoms with Crippen molar-refractivity contribution in [3.8, 4) is 33.4 Å². The number of fused-ring (bicyclic) bond motifs is 8. The molecular formula is C44H26OS. The SMILES string of the molecule is c1ccc(-c2c3ccccc3c(-c3cc(-c4cccc5sc6ccccc6c45)cc4oc5ccccc5c34)c3ccccc23)cc1. The first-order valence-electron chi connectivity index (χ1n) is 15.7. The highest BCUT2D eigenvalue weighted by Crippen LogP contribution is 2.49. The Balaban J connectivity index is 1.39. The summed E-state index contributed by atoms with van der Waals surface area (Å²) in [6.45, 7) is 0. The maximum absolute atomic E-state index is 6.68. The fourth-order valence-corrected chi connectivity index (χ4v) is 8.69. The molecule has 2 heterocycles. The lowest BCUT2D eigenvalue weighted by Gasteiger charge is -2.19. The van der Waals surface area contributed by atoms with Gasteiger partial charge in [0.2, 0.25) is 0 Å². The number of para-hydroxylation sites is 1. The third-order valence-corrected chi connectivity index (χ3v) is 10.6. The Kier molecular flexibility index (Phi) is 5.51. The second-order valence-corrected chi connectivity index (χ2v) is 13.1. The average Bonchev–Trinajstić information content (AvgIpc) is 3.69. The maximum Gasteiger partial charge on any atom is 0.136 e. The Morgan fingerprint density at radius 2 is 0.935 bits per heavy atom. The molecule has 0 amide bonds. The molecule has 0 saturated carbocycles. The van der Waals surface area contributed by atoms with Crippen LogP contribution in [0.4, 0.5) is 0 Å². The smallest absolute Gasteiger partial charge is 0.136 e. The molecule has 214 valence electrons. The molecule has 0 atom stereocenters. The lowest BCUT2D eigenvalue weighted by molar-refractivity contribution is 0.669. The van der Waals surface area contributed by atoms with E-state index in [1.807, 2.05) is 11.3 Å². The molecular weight excluding hydrogens is 577 g/mol. The molecule has 0 radical (unpaired) electrons. The predicted molar refractivity (Wildman–Crippen MR) is 198 cm³/mol. The van der Waals surface area contributed by atoms with Gasteiger partial charge in [-0.2, -0.15) is 0 Å². The number of benzene rings is 8. The average molecular weight is 603 g/mol. The highest BCUT2D eigenvalue weighted by molar-refractivity contribution is 7.25. The molecule has 2 aromatic heterocycles. The summed E-state index contributed by atoms with van der Waals surface area (Å²) in [5.74, 6) is 0. The summed E-state index contributed by atoms with van der Waals surface area (Å²) in [4.78, 5) is 0. The summed E-state index contributed by atoms with van der Waals surface area (Å²) >= 11 is 1.86. The second kappa shape index (κ2) is 9.90. The van der Waals surface area contributed by atoms with Gasteiger partial charge in [0, 0.05) is 30.9 Å². The minimum absolute atomic E-state index is 0.907. The summed E-state index contributed by atoms with van der Waals surface area (Å²) in [7, 11) is 0. The van der Waals surface area contributed by atoms with Crippen LogP contribution in [0.15, 0.2) is 162 Å². The third-order valence-electron chi connectivity index (χ3n) is 9.46. The number of thiophene rings is 1. The van der Waals surface area contributed by atoms with Crippen molar-refractivity contribution < 1.29 is 4.42 Å². The molecule has 0 bridgehead atoms. The van der Waals surface area contributed by atoms with Crippen molar-refractivity contribution in [1.29, 1.82) is 0 Å². The van der Waals surface area contributed by atoms with Crippen molar-refractivity contribution in [2.45, 2.75) is 0 Å². The number of rotatable bonds is 3. The molecule has 0 spiro atoms. The van der Waals surface area contributed by atoms with E-state index in [9.17, 15) is 0 Å². The molecule has 0 N–H and O–H groups in total. The van der Waals surface area contributed by atoms with Gasteiger partial charge in [0.15, 0.2) is 0 Å². The molecule has 0 fully saturated rings. The van der Waals surface area contributed by atoms with E-state index >= 15 is 0 Å². The van der Waals surface area contributed by atoms with Gasteiger partial charge in [0.05, 0.1) is 0 Å². The van der Waals surface area contributed by atoms with E-state index in [-0.39, 0.29) is 0 Å². The van der Waals surface area contributed by atoms with E-state index in [4.69, 9.17) is 4.42 Å². The van der Waals surface area contributed by atoms with Crippen LogP contribution in [0.5, 0.6) is 0 Å². The highest BCUT2D eigenvalue weighted by atomic mass is 32.1.